The number of aliphatic hydroxyl groups is 2. The SMILES string of the molecule is CCCCN=CC1=C[C@H](O)[C@@H](O)[C@H](OC)O1. The summed E-state index contributed by atoms with van der Waals surface area (Å²) in [6.45, 7) is 2.82. The molecule has 1 rings (SSSR count). The highest BCUT2D eigenvalue weighted by atomic mass is 16.7. The van der Waals surface area contributed by atoms with Gasteiger partial charge in [-0.05, 0) is 12.5 Å². The van der Waals surface area contributed by atoms with Crippen LogP contribution in [0.4, 0.5) is 0 Å². The maximum absolute atomic E-state index is 9.50. The van der Waals surface area contributed by atoms with Gasteiger partial charge in [0.2, 0.25) is 6.29 Å². The molecule has 0 radical (unpaired) electrons. The van der Waals surface area contributed by atoms with Crippen molar-refractivity contribution in [1.82, 2.24) is 0 Å². The fraction of sp³-hybridized carbons (Fsp3) is 0.727. The summed E-state index contributed by atoms with van der Waals surface area (Å²) in [5, 5.41) is 19.0. The van der Waals surface area contributed by atoms with Crippen LogP contribution in [0.5, 0.6) is 0 Å². The van der Waals surface area contributed by atoms with Gasteiger partial charge in [-0.2, -0.15) is 0 Å². The summed E-state index contributed by atoms with van der Waals surface area (Å²) in [4.78, 5) is 4.15. The molecule has 0 saturated heterocycles. The normalized spacial score (nSPS) is 30.2. The summed E-state index contributed by atoms with van der Waals surface area (Å²) in [6.07, 6.45) is 2.20. The quantitative estimate of drug-likeness (QED) is 0.531. The first kappa shape index (κ1) is 13.2. The molecule has 0 fully saturated rings. The minimum absolute atomic E-state index is 0.431. The average Bonchev–Trinajstić information content (AvgIpc) is 2.29. The number of ether oxygens (including phenoxy) is 2. The molecule has 1 heterocycles. The van der Waals surface area contributed by atoms with E-state index in [9.17, 15) is 10.2 Å². The number of methoxy groups -OCH3 is 1. The molecule has 0 saturated carbocycles. The Kier molecular flexibility index (Phi) is 5.45. The van der Waals surface area contributed by atoms with E-state index in [1.807, 2.05) is 0 Å². The molecule has 0 aromatic rings. The van der Waals surface area contributed by atoms with Crippen molar-refractivity contribution in [2.75, 3.05) is 13.7 Å². The third kappa shape index (κ3) is 3.59. The van der Waals surface area contributed by atoms with Crippen LogP contribution in [0.3, 0.4) is 0 Å². The number of hydrogen-bond acceptors (Lipinski definition) is 5. The molecule has 5 nitrogen and oxygen atoms in total. The molecule has 0 aliphatic carbocycles. The lowest BCUT2D eigenvalue weighted by molar-refractivity contribution is -0.185. The first-order chi connectivity index (χ1) is 7.69. The first-order valence-corrected chi connectivity index (χ1v) is 5.46. The Balaban J connectivity index is 2.53. The molecule has 1 aliphatic heterocycles. The summed E-state index contributed by atoms with van der Waals surface area (Å²) in [7, 11) is 1.41. The minimum atomic E-state index is -1.06. The Bertz CT molecular complexity index is 265. The van der Waals surface area contributed by atoms with Crippen LogP contribution in [0.25, 0.3) is 0 Å². The second-order valence-corrected chi connectivity index (χ2v) is 3.66. The number of nitrogens with zero attached hydrogens (tertiary/aromatic N) is 1. The molecule has 16 heavy (non-hydrogen) atoms. The van der Waals surface area contributed by atoms with Crippen LogP contribution in [0.2, 0.25) is 0 Å². The molecule has 3 atom stereocenters. The van der Waals surface area contributed by atoms with Crippen LogP contribution in [-0.4, -0.2) is 48.6 Å². The van der Waals surface area contributed by atoms with Crippen LogP contribution < -0.4 is 0 Å². The summed E-state index contributed by atoms with van der Waals surface area (Å²) in [6, 6.07) is 0. The van der Waals surface area contributed by atoms with Gasteiger partial charge in [-0.25, -0.2) is 0 Å². The van der Waals surface area contributed by atoms with Gasteiger partial charge in [-0.1, -0.05) is 13.3 Å². The van der Waals surface area contributed by atoms with E-state index in [0.717, 1.165) is 19.4 Å². The second-order valence-electron chi connectivity index (χ2n) is 3.66. The highest BCUT2D eigenvalue weighted by Crippen LogP contribution is 2.17. The Labute approximate surface area is 95.4 Å². The molecular formula is C11H19NO4. The number of aliphatic imine (C=N–C) groups is 1. The fourth-order valence-corrected chi connectivity index (χ4v) is 1.34. The third-order valence-corrected chi connectivity index (χ3v) is 2.31. The highest BCUT2D eigenvalue weighted by molar-refractivity contribution is 5.76. The molecule has 5 heteroatoms. The maximum Gasteiger partial charge on any atom is 0.228 e. The van der Waals surface area contributed by atoms with Crippen LogP contribution in [0.1, 0.15) is 19.8 Å². The molecule has 0 spiro atoms. The van der Waals surface area contributed by atoms with Gasteiger partial charge in [0.05, 0.1) is 6.21 Å². The molecule has 92 valence electrons. The lowest BCUT2D eigenvalue weighted by Gasteiger charge is -2.29. The van der Waals surface area contributed by atoms with E-state index < -0.39 is 18.5 Å². The smallest absolute Gasteiger partial charge is 0.228 e. The van der Waals surface area contributed by atoms with Gasteiger partial charge in [0, 0.05) is 13.7 Å². The molecule has 0 aromatic heterocycles. The van der Waals surface area contributed by atoms with Crippen molar-refractivity contribution in [2.45, 2.75) is 38.3 Å². The molecule has 0 amide bonds. The lowest BCUT2D eigenvalue weighted by atomic mass is 10.1. The molecule has 0 unspecified atom stereocenters. The molecule has 2 N–H and O–H groups in total. The fourth-order valence-electron chi connectivity index (χ4n) is 1.34. The summed E-state index contributed by atoms with van der Waals surface area (Å²) >= 11 is 0. The van der Waals surface area contributed by atoms with Crippen molar-refractivity contribution < 1.29 is 19.7 Å². The predicted octanol–water partition coefficient (Wildman–Crippen LogP) is 0.466. The van der Waals surface area contributed by atoms with E-state index in [-0.39, 0.29) is 0 Å². The Morgan fingerprint density at radius 1 is 1.56 bits per heavy atom. The molecule has 0 bridgehead atoms. The number of rotatable bonds is 5. The van der Waals surface area contributed by atoms with Gasteiger partial charge in [0.25, 0.3) is 0 Å². The number of hydrogen-bond donors (Lipinski definition) is 2. The standard InChI is InChI=1S/C11H19NO4/c1-3-4-5-12-7-8-6-9(13)10(14)11(15-2)16-8/h6-7,9-11,13-14H,3-5H2,1-2H3/t9-,10+,11+/m0/s1. The second kappa shape index (κ2) is 6.62. The van der Waals surface area contributed by atoms with Gasteiger partial charge in [0.15, 0.2) is 0 Å². The van der Waals surface area contributed by atoms with Crippen molar-refractivity contribution in [1.29, 1.82) is 0 Å². The summed E-state index contributed by atoms with van der Waals surface area (Å²) in [5.41, 5.74) is 0. The first-order valence-electron chi connectivity index (χ1n) is 5.46. The van der Waals surface area contributed by atoms with Crippen LogP contribution in [-0.2, 0) is 9.47 Å². The number of aliphatic hydroxyl groups excluding tert-OH is 2. The zero-order chi connectivity index (χ0) is 12.0. The maximum atomic E-state index is 9.50. The largest absolute Gasteiger partial charge is 0.461 e. The van der Waals surface area contributed by atoms with Crippen LogP contribution >= 0.6 is 0 Å². The van der Waals surface area contributed by atoms with Gasteiger partial charge in [0.1, 0.15) is 18.0 Å². The van der Waals surface area contributed by atoms with E-state index in [1.54, 1.807) is 6.21 Å². The van der Waals surface area contributed by atoms with Crippen LogP contribution in [0, 0.1) is 0 Å². The van der Waals surface area contributed by atoms with Crippen LogP contribution in [0.15, 0.2) is 16.8 Å². The van der Waals surface area contributed by atoms with E-state index >= 15 is 0 Å². The van der Waals surface area contributed by atoms with Crippen molar-refractivity contribution in [3.8, 4) is 0 Å². The lowest BCUT2D eigenvalue weighted by Crippen LogP contribution is -2.42. The van der Waals surface area contributed by atoms with Gasteiger partial charge in [-0.3, -0.25) is 4.99 Å². The zero-order valence-electron chi connectivity index (χ0n) is 9.67. The predicted molar refractivity (Wildman–Crippen MR) is 60.2 cm³/mol. The van der Waals surface area contributed by atoms with Crippen molar-refractivity contribution in [3.63, 3.8) is 0 Å². The van der Waals surface area contributed by atoms with E-state index in [2.05, 4.69) is 11.9 Å². The van der Waals surface area contributed by atoms with Crippen molar-refractivity contribution >= 4 is 6.21 Å². The molecule has 1 aliphatic rings. The molecule has 0 aromatic carbocycles. The monoisotopic (exact) mass is 229 g/mol. The van der Waals surface area contributed by atoms with Gasteiger partial charge >= 0.3 is 0 Å². The third-order valence-electron chi connectivity index (χ3n) is 2.31. The minimum Gasteiger partial charge on any atom is -0.461 e. The number of allylic oxidation sites excluding steroid dienone is 1. The topological polar surface area (TPSA) is 71.3 Å². The Hall–Kier alpha value is -0.910. The van der Waals surface area contributed by atoms with Gasteiger partial charge in [-0.15, -0.1) is 0 Å². The van der Waals surface area contributed by atoms with Gasteiger partial charge < -0.3 is 19.7 Å². The van der Waals surface area contributed by atoms with Crippen molar-refractivity contribution in [2.24, 2.45) is 4.99 Å². The van der Waals surface area contributed by atoms with E-state index in [4.69, 9.17) is 9.47 Å². The molecular weight excluding hydrogens is 210 g/mol. The Morgan fingerprint density at radius 2 is 2.31 bits per heavy atom. The summed E-state index contributed by atoms with van der Waals surface area (Å²) < 4.78 is 10.2. The van der Waals surface area contributed by atoms with E-state index in [1.165, 1.54) is 13.2 Å². The zero-order valence-corrected chi connectivity index (χ0v) is 9.67. The Morgan fingerprint density at radius 3 is 2.94 bits per heavy atom. The van der Waals surface area contributed by atoms with Crippen molar-refractivity contribution in [3.05, 3.63) is 11.8 Å². The number of unbranched alkanes of at least 4 members (excludes halogenated alkanes) is 1. The summed E-state index contributed by atoms with van der Waals surface area (Å²) in [5.74, 6) is 0.431. The van der Waals surface area contributed by atoms with E-state index in [0.29, 0.717) is 5.76 Å². The highest BCUT2D eigenvalue weighted by Gasteiger charge is 2.31. The average molecular weight is 229 g/mol.